The number of unbranched alkanes of at least 4 members (excludes halogenated alkanes) is 2. The summed E-state index contributed by atoms with van der Waals surface area (Å²) in [5, 5.41) is 27.0. The molecular formula is C39H49N5O3. The molecule has 2 unspecified atom stereocenters. The first-order valence-electron chi connectivity index (χ1n) is 16.8. The molecule has 8 nitrogen and oxygen atoms in total. The van der Waals surface area contributed by atoms with Gasteiger partial charge in [-0.2, -0.15) is 5.10 Å². The van der Waals surface area contributed by atoms with Crippen molar-refractivity contribution >= 4 is 11.6 Å². The number of aromatic nitrogens is 2. The predicted molar refractivity (Wildman–Crippen MR) is 190 cm³/mol. The Bertz CT molecular complexity index is 1670. The summed E-state index contributed by atoms with van der Waals surface area (Å²) >= 11 is 0. The number of carbonyl (C=O) groups is 1. The third-order valence-corrected chi connectivity index (χ3v) is 9.16. The van der Waals surface area contributed by atoms with Crippen LogP contribution < -0.4 is 4.90 Å². The number of benzene rings is 3. The van der Waals surface area contributed by atoms with E-state index in [1.54, 1.807) is 10.8 Å². The summed E-state index contributed by atoms with van der Waals surface area (Å²) in [6.45, 7) is 8.15. The average Bonchev–Trinajstić information content (AvgIpc) is 3.48. The molecule has 0 saturated carbocycles. The molecule has 0 aliphatic carbocycles. The van der Waals surface area contributed by atoms with Crippen molar-refractivity contribution in [1.82, 2.24) is 19.6 Å². The number of fused-ring (bicyclic) bond motifs is 1. The van der Waals surface area contributed by atoms with Gasteiger partial charge < -0.3 is 20.0 Å². The van der Waals surface area contributed by atoms with E-state index in [0.717, 1.165) is 60.0 Å². The summed E-state index contributed by atoms with van der Waals surface area (Å²) in [6.07, 6.45) is 6.38. The van der Waals surface area contributed by atoms with Gasteiger partial charge >= 0.3 is 0 Å². The van der Waals surface area contributed by atoms with Crippen molar-refractivity contribution in [1.29, 1.82) is 0 Å². The van der Waals surface area contributed by atoms with Gasteiger partial charge in [-0.1, -0.05) is 69.2 Å². The molecule has 1 amide bonds. The number of anilines is 1. The maximum Gasteiger partial charge on any atom is 0.274 e. The van der Waals surface area contributed by atoms with Gasteiger partial charge in [0.1, 0.15) is 6.23 Å². The second kappa shape index (κ2) is 15.5. The number of hydrogen-bond donors (Lipinski definition) is 2. The second-order valence-corrected chi connectivity index (χ2v) is 12.7. The van der Waals surface area contributed by atoms with Crippen LogP contribution in [0, 0.1) is 6.92 Å². The van der Waals surface area contributed by atoms with Crippen LogP contribution in [-0.2, 0) is 13.0 Å². The highest BCUT2D eigenvalue weighted by Crippen LogP contribution is 2.36. The van der Waals surface area contributed by atoms with Crippen LogP contribution in [0.3, 0.4) is 0 Å². The SMILES string of the molecule is CCCCN(CCCC)C(=O)c1cc(C)n(-c2ccc(-c3ccc(N(C)C)cc3)cc2C(O)N2Cc3ccccc3CC2/C=C/O)n1. The van der Waals surface area contributed by atoms with E-state index in [9.17, 15) is 15.0 Å². The lowest BCUT2D eigenvalue weighted by atomic mass is 9.92. The maximum atomic E-state index is 13.7. The number of rotatable bonds is 13. The number of amides is 1. The molecule has 0 spiro atoms. The van der Waals surface area contributed by atoms with Crippen molar-refractivity contribution in [2.75, 3.05) is 32.1 Å². The van der Waals surface area contributed by atoms with E-state index < -0.39 is 6.23 Å². The fourth-order valence-corrected chi connectivity index (χ4v) is 6.38. The highest BCUT2D eigenvalue weighted by atomic mass is 16.3. The molecule has 248 valence electrons. The standard InChI is InChI=1S/C39H49N5O3/c1-6-8-21-42(22-9-7-2)39(47)36-24-28(3)44(40-36)37-19-16-31(29-14-17-33(18-15-29)41(4)5)26-35(37)38(46)43-27-32-13-11-10-12-30(32)25-34(43)20-23-45/h10-20,23-24,26,34,38,45-46H,6-9,21-22,25,27H2,1-5H3/b23-20+. The second-order valence-electron chi connectivity index (χ2n) is 12.7. The lowest BCUT2D eigenvalue weighted by molar-refractivity contribution is -0.0274. The average molecular weight is 636 g/mol. The van der Waals surface area contributed by atoms with E-state index in [0.29, 0.717) is 43.0 Å². The van der Waals surface area contributed by atoms with Gasteiger partial charge in [-0.15, -0.1) is 0 Å². The normalized spacial score (nSPS) is 15.5. The van der Waals surface area contributed by atoms with Crippen LogP contribution in [0.1, 0.15) is 78.6 Å². The van der Waals surface area contributed by atoms with Gasteiger partial charge in [-0.05, 0) is 84.8 Å². The number of aliphatic hydroxyl groups excluding tert-OH is 2. The summed E-state index contributed by atoms with van der Waals surface area (Å²) < 4.78 is 1.79. The summed E-state index contributed by atoms with van der Waals surface area (Å²) in [5.41, 5.74) is 8.05. The highest BCUT2D eigenvalue weighted by molar-refractivity contribution is 5.92. The molecule has 1 aliphatic heterocycles. The van der Waals surface area contributed by atoms with Crippen molar-refractivity contribution in [3.05, 3.63) is 113 Å². The monoisotopic (exact) mass is 635 g/mol. The minimum atomic E-state index is -1.02. The number of aliphatic hydroxyl groups is 2. The van der Waals surface area contributed by atoms with Crippen LogP contribution in [0.2, 0.25) is 0 Å². The lowest BCUT2D eigenvalue weighted by Gasteiger charge is -2.39. The summed E-state index contributed by atoms with van der Waals surface area (Å²) in [7, 11) is 4.04. The van der Waals surface area contributed by atoms with E-state index >= 15 is 0 Å². The molecule has 1 aliphatic rings. The Morgan fingerprint density at radius 3 is 2.26 bits per heavy atom. The smallest absolute Gasteiger partial charge is 0.274 e. The molecule has 0 radical (unpaired) electrons. The maximum absolute atomic E-state index is 13.7. The largest absolute Gasteiger partial charge is 0.516 e. The molecule has 2 atom stereocenters. The quantitative estimate of drug-likeness (QED) is 0.149. The van der Waals surface area contributed by atoms with Gasteiger partial charge in [0.05, 0.1) is 11.9 Å². The van der Waals surface area contributed by atoms with Gasteiger partial charge in [0, 0.05) is 56.7 Å². The van der Waals surface area contributed by atoms with Gasteiger partial charge in [0.2, 0.25) is 0 Å². The van der Waals surface area contributed by atoms with E-state index in [-0.39, 0.29) is 11.9 Å². The zero-order valence-electron chi connectivity index (χ0n) is 28.4. The first-order chi connectivity index (χ1) is 22.7. The fourth-order valence-electron chi connectivity index (χ4n) is 6.38. The Hall–Kier alpha value is -4.40. The molecule has 2 heterocycles. The number of hydrogen-bond acceptors (Lipinski definition) is 6. The Balaban J connectivity index is 1.59. The minimum Gasteiger partial charge on any atom is -0.516 e. The zero-order chi connectivity index (χ0) is 33.5. The third-order valence-electron chi connectivity index (χ3n) is 9.16. The van der Waals surface area contributed by atoms with Crippen LogP contribution in [-0.4, -0.2) is 68.9 Å². The highest BCUT2D eigenvalue weighted by Gasteiger charge is 2.32. The summed E-state index contributed by atoms with van der Waals surface area (Å²) in [6, 6.07) is 24.3. The van der Waals surface area contributed by atoms with Crippen molar-refractivity contribution in [2.24, 2.45) is 0 Å². The zero-order valence-corrected chi connectivity index (χ0v) is 28.4. The van der Waals surface area contributed by atoms with Crippen molar-refractivity contribution in [3.63, 3.8) is 0 Å². The van der Waals surface area contributed by atoms with Gasteiger partial charge in [-0.3, -0.25) is 9.69 Å². The first kappa shape index (κ1) is 33.9. The molecule has 2 N–H and O–H groups in total. The number of carbonyl (C=O) groups excluding carboxylic acids is 1. The molecule has 3 aromatic carbocycles. The molecule has 5 rings (SSSR count). The van der Waals surface area contributed by atoms with E-state index in [1.807, 2.05) is 67.2 Å². The van der Waals surface area contributed by atoms with Crippen LogP contribution in [0.15, 0.2) is 85.1 Å². The predicted octanol–water partition coefficient (Wildman–Crippen LogP) is 7.45. The number of aryl methyl sites for hydroxylation is 1. The number of nitrogens with zero attached hydrogens (tertiary/aromatic N) is 5. The Labute approximate surface area is 279 Å². The van der Waals surface area contributed by atoms with Crippen LogP contribution in [0.25, 0.3) is 16.8 Å². The van der Waals surface area contributed by atoms with Crippen molar-refractivity contribution < 1.29 is 15.0 Å². The van der Waals surface area contributed by atoms with Crippen LogP contribution >= 0.6 is 0 Å². The Kier molecular flexibility index (Phi) is 11.2. The fraction of sp³-hybridized carbons (Fsp3) is 0.385. The molecule has 8 heteroatoms. The molecule has 0 fully saturated rings. The van der Waals surface area contributed by atoms with Crippen LogP contribution in [0.5, 0.6) is 0 Å². The Morgan fingerprint density at radius 1 is 0.957 bits per heavy atom. The van der Waals surface area contributed by atoms with E-state index in [1.165, 1.54) is 5.56 Å². The Morgan fingerprint density at radius 2 is 1.62 bits per heavy atom. The van der Waals surface area contributed by atoms with Crippen molar-refractivity contribution in [3.8, 4) is 16.8 Å². The minimum absolute atomic E-state index is 0.0609. The summed E-state index contributed by atoms with van der Waals surface area (Å²) in [4.78, 5) is 19.7. The lowest BCUT2D eigenvalue weighted by Crippen LogP contribution is -2.42. The van der Waals surface area contributed by atoms with E-state index in [4.69, 9.17) is 5.10 Å². The van der Waals surface area contributed by atoms with Gasteiger partial charge in [0.25, 0.3) is 5.91 Å². The van der Waals surface area contributed by atoms with Gasteiger partial charge in [-0.25, -0.2) is 4.68 Å². The van der Waals surface area contributed by atoms with Gasteiger partial charge in [0.15, 0.2) is 5.69 Å². The molecule has 0 saturated heterocycles. The summed E-state index contributed by atoms with van der Waals surface area (Å²) in [5.74, 6) is -0.0609. The van der Waals surface area contributed by atoms with Crippen molar-refractivity contribution in [2.45, 2.75) is 71.7 Å². The molecule has 47 heavy (non-hydrogen) atoms. The molecule has 4 aromatic rings. The van der Waals surface area contributed by atoms with Crippen LogP contribution in [0.4, 0.5) is 5.69 Å². The topological polar surface area (TPSA) is 85.1 Å². The van der Waals surface area contributed by atoms with E-state index in [2.05, 4.69) is 55.1 Å². The molecular weight excluding hydrogens is 586 g/mol. The molecule has 1 aromatic heterocycles. The first-order valence-corrected chi connectivity index (χ1v) is 16.8. The molecule has 0 bridgehead atoms. The third kappa shape index (κ3) is 7.61.